The molecule has 0 radical (unpaired) electrons. The Morgan fingerprint density at radius 2 is 2.18 bits per heavy atom. The predicted octanol–water partition coefficient (Wildman–Crippen LogP) is 2.16. The summed E-state index contributed by atoms with van der Waals surface area (Å²) in [6.45, 7) is 4.51. The number of morpholine rings is 1. The molecule has 0 spiro atoms. The molecule has 1 aliphatic rings. The summed E-state index contributed by atoms with van der Waals surface area (Å²) in [5, 5.41) is 0.906. The zero-order valence-electron chi connectivity index (χ0n) is 9.85. The number of rotatable bonds is 5. The highest BCUT2D eigenvalue weighted by Crippen LogP contribution is 2.10. The third kappa shape index (κ3) is 4.30. The average Bonchev–Trinajstić information content (AvgIpc) is 2.40. The number of alkyl halides is 1. The lowest BCUT2D eigenvalue weighted by Crippen LogP contribution is -2.44. The summed E-state index contributed by atoms with van der Waals surface area (Å²) in [6, 6.07) is 9.95. The Labute approximate surface area is 111 Å². The van der Waals surface area contributed by atoms with E-state index in [0.717, 1.165) is 43.9 Å². The van der Waals surface area contributed by atoms with Gasteiger partial charge in [0.25, 0.3) is 0 Å². The number of ether oxygens (including phenoxy) is 2. The first-order valence-electron chi connectivity index (χ1n) is 5.96. The SMILES string of the molecule is BrCC1CN(CCOc2ccccc2)CCO1. The molecule has 4 heteroatoms. The summed E-state index contributed by atoms with van der Waals surface area (Å²) >= 11 is 3.46. The first kappa shape index (κ1) is 12.9. The second-order valence-electron chi connectivity index (χ2n) is 4.11. The molecule has 0 bridgehead atoms. The van der Waals surface area contributed by atoms with Crippen LogP contribution in [0.3, 0.4) is 0 Å². The number of para-hydroxylation sites is 1. The fourth-order valence-electron chi connectivity index (χ4n) is 1.89. The van der Waals surface area contributed by atoms with Gasteiger partial charge >= 0.3 is 0 Å². The molecule has 0 aromatic heterocycles. The van der Waals surface area contributed by atoms with Crippen molar-refractivity contribution < 1.29 is 9.47 Å². The fourth-order valence-corrected chi connectivity index (χ4v) is 2.28. The van der Waals surface area contributed by atoms with E-state index < -0.39 is 0 Å². The molecule has 17 heavy (non-hydrogen) atoms. The fraction of sp³-hybridized carbons (Fsp3) is 0.538. The van der Waals surface area contributed by atoms with Crippen LogP contribution in [0.2, 0.25) is 0 Å². The maximum absolute atomic E-state index is 5.68. The van der Waals surface area contributed by atoms with Crippen LogP contribution in [0.5, 0.6) is 5.75 Å². The van der Waals surface area contributed by atoms with Gasteiger partial charge in [0.1, 0.15) is 12.4 Å². The Morgan fingerprint density at radius 1 is 1.35 bits per heavy atom. The number of hydrogen-bond donors (Lipinski definition) is 0. The Kier molecular flexibility index (Phi) is 5.29. The molecule has 1 saturated heterocycles. The molecular weight excluding hydrogens is 282 g/mol. The highest BCUT2D eigenvalue weighted by Gasteiger charge is 2.18. The topological polar surface area (TPSA) is 21.7 Å². The van der Waals surface area contributed by atoms with Gasteiger partial charge in [0.2, 0.25) is 0 Å². The van der Waals surface area contributed by atoms with E-state index in [9.17, 15) is 0 Å². The van der Waals surface area contributed by atoms with E-state index in [-0.39, 0.29) is 0 Å². The third-order valence-corrected chi connectivity index (χ3v) is 3.54. The Hall–Kier alpha value is -0.580. The van der Waals surface area contributed by atoms with E-state index >= 15 is 0 Å². The molecule has 3 nitrogen and oxygen atoms in total. The minimum atomic E-state index is 0.320. The minimum Gasteiger partial charge on any atom is -0.492 e. The summed E-state index contributed by atoms with van der Waals surface area (Å²) in [4.78, 5) is 2.39. The normalized spacial score (nSPS) is 21.4. The predicted molar refractivity (Wildman–Crippen MR) is 71.9 cm³/mol. The van der Waals surface area contributed by atoms with Gasteiger partial charge < -0.3 is 9.47 Å². The molecule has 2 rings (SSSR count). The lowest BCUT2D eigenvalue weighted by atomic mass is 10.3. The van der Waals surface area contributed by atoms with Gasteiger partial charge in [-0.15, -0.1) is 0 Å². The lowest BCUT2D eigenvalue weighted by Gasteiger charge is -2.31. The zero-order valence-corrected chi connectivity index (χ0v) is 11.4. The molecule has 1 aromatic rings. The van der Waals surface area contributed by atoms with Crippen molar-refractivity contribution in [3.63, 3.8) is 0 Å². The van der Waals surface area contributed by atoms with Gasteiger partial charge in [0.05, 0.1) is 12.7 Å². The highest BCUT2D eigenvalue weighted by atomic mass is 79.9. The average molecular weight is 300 g/mol. The molecule has 1 unspecified atom stereocenters. The van der Waals surface area contributed by atoms with E-state index in [1.54, 1.807) is 0 Å². The monoisotopic (exact) mass is 299 g/mol. The number of hydrogen-bond acceptors (Lipinski definition) is 3. The van der Waals surface area contributed by atoms with Crippen molar-refractivity contribution in [2.75, 3.05) is 38.2 Å². The van der Waals surface area contributed by atoms with Crippen LogP contribution in [0.15, 0.2) is 30.3 Å². The molecule has 0 saturated carbocycles. The molecule has 1 fully saturated rings. The standard InChI is InChI=1S/C13H18BrNO2/c14-10-13-11-15(7-9-17-13)6-8-16-12-4-2-1-3-5-12/h1-5,13H,6-11H2. The van der Waals surface area contributed by atoms with Crippen LogP contribution in [0.25, 0.3) is 0 Å². The van der Waals surface area contributed by atoms with Gasteiger partial charge in [-0.1, -0.05) is 34.1 Å². The van der Waals surface area contributed by atoms with Crippen molar-refractivity contribution in [2.24, 2.45) is 0 Å². The summed E-state index contributed by atoms with van der Waals surface area (Å²) in [6.07, 6.45) is 0.320. The van der Waals surface area contributed by atoms with Crippen molar-refractivity contribution in [2.45, 2.75) is 6.10 Å². The Bertz CT molecular complexity index is 320. The van der Waals surface area contributed by atoms with Gasteiger partial charge in [-0.05, 0) is 12.1 Å². The van der Waals surface area contributed by atoms with Crippen LogP contribution in [-0.2, 0) is 4.74 Å². The molecule has 0 amide bonds. The summed E-state index contributed by atoms with van der Waals surface area (Å²) in [5.74, 6) is 0.942. The van der Waals surface area contributed by atoms with Crippen molar-refractivity contribution in [3.8, 4) is 5.75 Å². The summed E-state index contributed by atoms with van der Waals surface area (Å²) in [5.41, 5.74) is 0. The second-order valence-corrected chi connectivity index (χ2v) is 4.76. The minimum absolute atomic E-state index is 0.320. The smallest absolute Gasteiger partial charge is 0.119 e. The van der Waals surface area contributed by atoms with Crippen LogP contribution < -0.4 is 4.74 Å². The van der Waals surface area contributed by atoms with E-state index in [0.29, 0.717) is 6.10 Å². The number of halogens is 1. The van der Waals surface area contributed by atoms with Crippen molar-refractivity contribution in [3.05, 3.63) is 30.3 Å². The maximum Gasteiger partial charge on any atom is 0.119 e. The molecule has 0 aliphatic carbocycles. The first-order valence-corrected chi connectivity index (χ1v) is 7.08. The lowest BCUT2D eigenvalue weighted by molar-refractivity contribution is -0.0184. The molecule has 94 valence electrons. The number of nitrogens with zero attached hydrogens (tertiary/aromatic N) is 1. The third-order valence-electron chi connectivity index (χ3n) is 2.81. The van der Waals surface area contributed by atoms with Crippen LogP contribution in [0.4, 0.5) is 0 Å². The van der Waals surface area contributed by atoms with E-state index in [2.05, 4.69) is 20.8 Å². The van der Waals surface area contributed by atoms with E-state index in [4.69, 9.17) is 9.47 Å². The zero-order chi connectivity index (χ0) is 11.9. The molecular formula is C13H18BrNO2. The van der Waals surface area contributed by atoms with E-state index in [1.165, 1.54) is 0 Å². The van der Waals surface area contributed by atoms with Crippen LogP contribution >= 0.6 is 15.9 Å². The number of benzene rings is 1. The quantitative estimate of drug-likeness (QED) is 0.778. The highest BCUT2D eigenvalue weighted by molar-refractivity contribution is 9.09. The second kappa shape index (κ2) is 6.99. The molecule has 0 N–H and O–H groups in total. The van der Waals surface area contributed by atoms with Crippen LogP contribution in [0, 0.1) is 0 Å². The van der Waals surface area contributed by atoms with Gasteiger partial charge in [-0.2, -0.15) is 0 Å². The maximum atomic E-state index is 5.68. The molecule has 1 atom stereocenters. The summed E-state index contributed by atoms with van der Waals surface area (Å²) in [7, 11) is 0. The molecule has 1 heterocycles. The van der Waals surface area contributed by atoms with E-state index in [1.807, 2.05) is 30.3 Å². The van der Waals surface area contributed by atoms with Crippen molar-refractivity contribution in [1.29, 1.82) is 0 Å². The Balaban J connectivity index is 1.68. The first-order chi connectivity index (χ1) is 8.38. The van der Waals surface area contributed by atoms with Gasteiger partial charge in [-0.25, -0.2) is 0 Å². The summed E-state index contributed by atoms with van der Waals surface area (Å²) < 4.78 is 11.3. The van der Waals surface area contributed by atoms with Crippen molar-refractivity contribution >= 4 is 15.9 Å². The molecule has 1 aromatic carbocycles. The van der Waals surface area contributed by atoms with Crippen LogP contribution in [0.1, 0.15) is 0 Å². The van der Waals surface area contributed by atoms with Gasteiger partial charge in [-0.3, -0.25) is 4.90 Å². The largest absolute Gasteiger partial charge is 0.492 e. The molecule has 1 aliphatic heterocycles. The van der Waals surface area contributed by atoms with Crippen molar-refractivity contribution in [1.82, 2.24) is 4.90 Å². The van der Waals surface area contributed by atoms with Gasteiger partial charge in [0, 0.05) is 25.0 Å². The Morgan fingerprint density at radius 3 is 2.94 bits per heavy atom. The van der Waals surface area contributed by atoms with Crippen LogP contribution in [-0.4, -0.2) is 49.2 Å². The van der Waals surface area contributed by atoms with Gasteiger partial charge in [0.15, 0.2) is 0 Å².